The van der Waals surface area contributed by atoms with E-state index in [0.717, 1.165) is 0 Å². The third kappa shape index (κ3) is 2.54. The molecule has 1 aromatic heterocycles. The number of aromatic amines is 1. The minimum absolute atomic E-state index is 0.0635. The smallest absolute Gasteiger partial charge is 0.270 e. The largest absolute Gasteiger partial charge is 0.307 e. The molecular formula is C11H8ClN3O3. The zero-order chi connectivity index (χ0) is 13.1. The minimum Gasteiger partial charge on any atom is -0.307 e. The number of non-ortho nitro benzene ring substituents is 1. The second-order valence-electron chi connectivity index (χ2n) is 3.53. The second kappa shape index (κ2) is 4.97. The lowest BCUT2D eigenvalue weighted by atomic mass is 10.2. The summed E-state index contributed by atoms with van der Waals surface area (Å²) in [4.78, 5) is 28.2. The average molecular weight is 266 g/mol. The molecule has 0 aliphatic carbocycles. The molecule has 0 aliphatic rings. The van der Waals surface area contributed by atoms with Crippen molar-refractivity contribution >= 4 is 17.3 Å². The van der Waals surface area contributed by atoms with Gasteiger partial charge in [-0.25, -0.2) is 4.98 Å². The molecule has 0 radical (unpaired) electrons. The third-order valence-electron chi connectivity index (χ3n) is 2.26. The Morgan fingerprint density at radius 2 is 2.17 bits per heavy atom. The molecule has 0 unspecified atom stereocenters. The summed E-state index contributed by atoms with van der Waals surface area (Å²) >= 11 is 5.62. The van der Waals surface area contributed by atoms with Gasteiger partial charge in [-0.2, -0.15) is 0 Å². The lowest BCUT2D eigenvalue weighted by molar-refractivity contribution is -0.384. The summed E-state index contributed by atoms with van der Waals surface area (Å²) in [5.74, 6) is 0.369. The van der Waals surface area contributed by atoms with Gasteiger partial charge in [0.05, 0.1) is 16.5 Å². The highest BCUT2D eigenvalue weighted by atomic mass is 35.5. The van der Waals surface area contributed by atoms with Crippen molar-refractivity contribution < 1.29 is 4.92 Å². The second-order valence-corrected chi connectivity index (χ2v) is 3.79. The van der Waals surface area contributed by atoms with Crippen molar-refractivity contribution in [2.24, 2.45) is 0 Å². The number of hydrogen-bond acceptors (Lipinski definition) is 4. The normalized spacial score (nSPS) is 10.3. The Kier molecular flexibility index (Phi) is 3.38. The lowest BCUT2D eigenvalue weighted by Gasteiger charge is -2.02. The van der Waals surface area contributed by atoms with Crippen LogP contribution in [-0.4, -0.2) is 14.9 Å². The first-order chi connectivity index (χ1) is 8.60. The van der Waals surface area contributed by atoms with Gasteiger partial charge in [-0.1, -0.05) is 12.1 Å². The first-order valence-corrected chi connectivity index (χ1v) is 5.54. The quantitative estimate of drug-likeness (QED) is 0.523. The molecule has 92 valence electrons. The van der Waals surface area contributed by atoms with Crippen molar-refractivity contribution in [3.8, 4) is 11.4 Å². The number of benzene rings is 1. The van der Waals surface area contributed by atoms with Crippen molar-refractivity contribution in [2.45, 2.75) is 5.88 Å². The number of rotatable bonds is 3. The maximum absolute atomic E-state index is 11.4. The van der Waals surface area contributed by atoms with Gasteiger partial charge in [-0.15, -0.1) is 11.6 Å². The zero-order valence-electron chi connectivity index (χ0n) is 9.09. The SMILES string of the molecule is O=c1cc(CCl)nc(-c2cccc([N+](=O)[O-])c2)[nH]1. The maximum atomic E-state index is 11.4. The van der Waals surface area contributed by atoms with E-state index >= 15 is 0 Å². The monoisotopic (exact) mass is 265 g/mol. The van der Waals surface area contributed by atoms with Gasteiger partial charge < -0.3 is 4.98 Å². The molecule has 0 atom stereocenters. The van der Waals surface area contributed by atoms with Crippen molar-refractivity contribution in [1.29, 1.82) is 0 Å². The fourth-order valence-corrected chi connectivity index (χ4v) is 1.62. The van der Waals surface area contributed by atoms with Gasteiger partial charge in [0.25, 0.3) is 11.2 Å². The molecule has 0 spiro atoms. The van der Waals surface area contributed by atoms with Crippen LogP contribution in [0.1, 0.15) is 5.69 Å². The van der Waals surface area contributed by atoms with Crippen LogP contribution in [0.2, 0.25) is 0 Å². The number of halogens is 1. The van der Waals surface area contributed by atoms with Crippen LogP contribution in [-0.2, 0) is 5.88 Å². The van der Waals surface area contributed by atoms with Gasteiger partial charge in [-0.05, 0) is 0 Å². The topological polar surface area (TPSA) is 88.9 Å². The predicted octanol–water partition coefficient (Wildman–Crippen LogP) is 2.08. The fraction of sp³-hybridized carbons (Fsp3) is 0.0909. The van der Waals surface area contributed by atoms with E-state index in [4.69, 9.17) is 11.6 Å². The van der Waals surface area contributed by atoms with E-state index in [-0.39, 0.29) is 23.0 Å². The molecular weight excluding hydrogens is 258 g/mol. The molecule has 6 nitrogen and oxygen atoms in total. The molecule has 1 aromatic carbocycles. The van der Waals surface area contributed by atoms with Crippen molar-refractivity contribution in [1.82, 2.24) is 9.97 Å². The van der Waals surface area contributed by atoms with E-state index in [1.54, 1.807) is 6.07 Å². The summed E-state index contributed by atoms with van der Waals surface area (Å²) < 4.78 is 0. The van der Waals surface area contributed by atoms with Crippen LogP contribution >= 0.6 is 11.6 Å². The van der Waals surface area contributed by atoms with E-state index in [1.165, 1.54) is 24.3 Å². The molecule has 2 aromatic rings. The lowest BCUT2D eigenvalue weighted by Crippen LogP contribution is -2.09. The van der Waals surface area contributed by atoms with Crippen LogP contribution in [0.5, 0.6) is 0 Å². The molecule has 18 heavy (non-hydrogen) atoms. The standard InChI is InChI=1S/C11H8ClN3O3/c12-6-8-5-10(16)14-11(13-8)7-2-1-3-9(4-7)15(17)18/h1-5H,6H2,(H,13,14,16). The van der Waals surface area contributed by atoms with Crippen LogP contribution in [0.4, 0.5) is 5.69 Å². The molecule has 2 rings (SSSR count). The maximum Gasteiger partial charge on any atom is 0.270 e. The summed E-state index contributed by atoms with van der Waals surface area (Å²) in [6, 6.07) is 7.15. The molecule has 0 fully saturated rings. The number of aromatic nitrogens is 2. The van der Waals surface area contributed by atoms with Gasteiger partial charge in [0.2, 0.25) is 0 Å². The van der Waals surface area contributed by atoms with Gasteiger partial charge >= 0.3 is 0 Å². The molecule has 0 saturated heterocycles. The van der Waals surface area contributed by atoms with Crippen LogP contribution in [0.3, 0.4) is 0 Å². The summed E-state index contributed by atoms with van der Waals surface area (Å²) in [5, 5.41) is 10.7. The first kappa shape index (κ1) is 12.3. The van der Waals surface area contributed by atoms with Crippen LogP contribution in [0, 0.1) is 10.1 Å². The number of nitro groups is 1. The fourth-order valence-electron chi connectivity index (χ4n) is 1.48. The Bertz CT molecular complexity index is 654. The summed E-state index contributed by atoms with van der Waals surface area (Å²) in [6.45, 7) is 0. The van der Waals surface area contributed by atoms with Crippen LogP contribution < -0.4 is 5.56 Å². The summed E-state index contributed by atoms with van der Waals surface area (Å²) in [7, 11) is 0. The Labute approximate surface area is 106 Å². The number of alkyl halides is 1. The highest BCUT2D eigenvalue weighted by Crippen LogP contribution is 2.20. The van der Waals surface area contributed by atoms with E-state index in [0.29, 0.717) is 11.3 Å². The molecule has 0 saturated carbocycles. The minimum atomic E-state index is -0.507. The number of H-pyrrole nitrogens is 1. The average Bonchev–Trinajstić information content (AvgIpc) is 2.38. The number of nitro benzene ring substituents is 1. The molecule has 0 aliphatic heterocycles. The van der Waals surface area contributed by atoms with E-state index in [1.807, 2.05) is 0 Å². The van der Waals surface area contributed by atoms with E-state index in [9.17, 15) is 14.9 Å². The summed E-state index contributed by atoms with van der Waals surface area (Å²) in [6.07, 6.45) is 0. The zero-order valence-corrected chi connectivity index (χ0v) is 9.85. The van der Waals surface area contributed by atoms with Crippen LogP contribution in [0.25, 0.3) is 11.4 Å². The third-order valence-corrected chi connectivity index (χ3v) is 2.54. The van der Waals surface area contributed by atoms with Crippen molar-refractivity contribution in [3.63, 3.8) is 0 Å². The predicted molar refractivity (Wildman–Crippen MR) is 66.5 cm³/mol. The highest BCUT2D eigenvalue weighted by Gasteiger charge is 2.09. The summed E-state index contributed by atoms with van der Waals surface area (Å²) in [5.41, 5.74) is 0.476. The van der Waals surface area contributed by atoms with Gasteiger partial charge in [0.1, 0.15) is 5.82 Å². The molecule has 0 bridgehead atoms. The number of hydrogen-bond donors (Lipinski definition) is 1. The van der Waals surface area contributed by atoms with Gasteiger partial charge in [0, 0.05) is 23.8 Å². The van der Waals surface area contributed by atoms with Crippen LogP contribution in [0.15, 0.2) is 35.1 Å². The molecule has 1 heterocycles. The van der Waals surface area contributed by atoms with E-state index < -0.39 is 4.92 Å². The first-order valence-electron chi connectivity index (χ1n) is 5.01. The Balaban J connectivity index is 2.54. The number of nitrogens with zero attached hydrogens (tertiary/aromatic N) is 2. The van der Waals surface area contributed by atoms with Crippen molar-refractivity contribution in [3.05, 3.63) is 56.5 Å². The highest BCUT2D eigenvalue weighted by molar-refractivity contribution is 6.16. The van der Waals surface area contributed by atoms with E-state index in [2.05, 4.69) is 9.97 Å². The number of nitrogens with one attached hydrogen (secondary N) is 1. The van der Waals surface area contributed by atoms with Crippen molar-refractivity contribution in [2.75, 3.05) is 0 Å². The molecule has 7 heteroatoms. The van der Waals surface area contributed by atoms with Gasteiger partial charge in [0.15, 0.2) is 0 Å². The molecule has 0 amide bonds. The Morgan fingerprint density at radius 3 is 2.83 bits per heavy atom. The Hall–Kier alpha value is -2.21. The Morgan fingerprint density at radius 1 is 1.39 bits per heavy atom. The molecule has 1 N–H and O–H groups in total. The van der Waals surface area contributed by atoms with Gasteiger partial charge in [-0.3, -0.25) is 14.9 Å².